The Morgan fingerprint density at radius 1 is 1.41 bits per heavy atom. The summed E-state index contributed by atoms with van der Waals surface area (Å²) in [5, 5.41) is 13.0. The Labute approximate surface area is 99.3 Å². The van der Waals surface area contributed by atoms with Gasteiger partial charge in [-0.3, -0.25) is 4.68 Å². The van der Waals surface area contributed by atoms with Gasteiger partial charge in [-0.25, -0.2) is 4.98 Å². The van der Waals surface area contributed by atoms with Gasteiger partial charge < -0.3 is 4.74 Å². The maximum Gasteiger partial charge on any atom is 0.171 e. The highest BCUT2D eigenvalue weighted by Crippen LogP contribution is 2.27. The highest BCUT2D eigenvalue weighted by atomic mass is 16.5. The molecule has 2 aromatic rings. The summed E-state index contributed by atoms with van der Waals surface area (Å²) in [6.07, 6.45) is 1.55. The molecule has 17 heavy (non-hydrogen) atoms. The van der Waals surface area contributed by atoms with Crippen LogP contribution in [-0.4, -0.2) is 14.8 Å². The van der Waals surface area contributed by atoms with Crippen LogP contribution in [0.2, 0.25) is 0 Å². The zero-order chi connectivity index (χ0) is 12.4. The van der Waals surface area contributed by atoms with E-state index in [0.29, 0.717) is 11.4 Å². The molecule has 86 valence electrons. The van der Waals surface area contributed by atoms with Crippen LogP contribution < -0.4 is 4.74 Å². The minimum Gasteiger partial charge on any atom is -0.453 e. The predicted molar refractivity (Wildman–Crippen MR) is 61.7 cm³/mol. The van der Waals surface area contributed by atoms with Crippen molar-refractivity contribution in [3.8, 4) is 17.6 Å². The lowest BCUT2D eigenvalue weighted by Gasteiger charge is -2.05. The molecular weight excluding hydrogens is 216 g/mol. The summed E-state index contributed by atoms with van der Waals surface area (Å²) in [5.74, 6) is 1.32. The van der Waals surface area contributed by atoms with Gasteiger partial charge in [0.25, 0.3) is 0 Å². The van der Waals surface area contributed by atoms with Gasteiger partial charge in [0.1, 0.15) is 23.2 Å². The van der Waals surface area contributed by atoms with Crippen molar-refractivity contribution in [2.24, 2.45) is 7.05 Å². The topological polar surface area (TPSA) is 63.7 Å². The first-order valence-electron chi connectivity index (χ1n) is 5.16. The molecule has 0 spiro atoms. The zero-order valence-corrected chi connectivity index (χ0v) is 9.93. The molecule has 0 unspecified atom stereocenters. The SMILES string of the molecule is Cc1nn(C)c(C)c1Oc1ccnc(C#N)c1. The fourth-order valence-electron chi connectivity index (χ4n) is 1.56. The number of nitrogens with zero attached hydrogens (tertiary/aromatic N) is 4. The second-order valence-electron chi connectivity index (χ2n) is 3.71. The average molecular weight is 228 g/mol. The maximum absolute atomic E-state index is 8.76. The van der Waals surface area contributed by atoms with Crippen LogP contribution in [0.3, 0.4) is 0 Å². The molecular formula is C12H12N4O. The Morgan fingerprint density at radius 3 is 2.76 bits per heavy atom. The standard InChI is InChI=1S/C12H12N4O/c1-8-12(9(2)16(3)15-8)17-11-4-5-14-10(6-11)7-13/h4-6H,1-3H3. The number of aryl methyl sites for hydroxylation is 2. The molecule has 5 heteroatoms. The molecule has 0 amide bonds. The first kappa shape index (κ1) is 11.1. The Hall–Kier alpha value is -2.35. The summed E-state index contributed by atoms with van der Waals surface area (Å²) in [6, 6.07) is 5.29. The van der Waals surface area contributed by atoms with Gasteiger partial charge in [-0.05, 0) is 19.9 Å². The zero-order valence-electron chi connectivity index (χ0n) is 9.93. The lowest BCUT2D eigenvalue weighted by Crippen LogP contribution is -1.93. The number of rotatable bonds is 2. The summed E-state index contributed by atoms with van der Waals surface area (Å²) >= 11 is 0. The smallest absolute Gasteiger partial charge is 0.171 e. The summed E-state index contributed by atoms with van der Waals surface area (Å²) < 4.78 is 7.49. The monoisotopic (exact) mass is 228 g/mol. The van der Waals surface area contributed by atoms with Crippen LogP contribution in [0.1, 0.15) is 17.1 Å². The molecule has 0 saturated carbocycles. The number of hydrogen-bond donors (Lipinski definition) is 0. The van der Waals surface area contributed by atoms with E-state index >= 15 is 0 Å². The molecule has 0 aliphatic carbocycles. The van der Waals surface area contributed by atoms with Gasteiger partial charge in [0, 0.05) is 19.3 Å². The van der Waals surface area contributed by atoms with Crippen LogP contribution >= 0.6 is 0 Å². The number of ether oxygens (including phenoxy) is 1. The fourth-order valence-corrected chi connectivity index (χ4v) is 1.56. The van der Waals surface area contributed by atoms with E-state index in [9.17, 15) is 0 Å². The molecule has 2 rings (SSSR count). The van der Waals surface area contributed by atoms with E-state index in [-0.39, 0.29) is 0 Å². The minimum atomic E-state index is 0.335. The molecule has 0 bridgehead atoms. The number of aromatic nitrogens is 3. The molecule has 0 radical (unpaired) electrons. The van der Waals surface area contributed by atoms with Gasteiger partial charge >= 0.3 is 0 Å². The molecule has 0 atom stereocenters. The molecule has 2 aromatic heterocycles. The fraction of sp³-hybridized carbons (Fsp3) is 0.250. The first-order valence-corrected chi connectivity index (χ1v) is 5.16. The van der Waals surface area contributed by atoms with Gasteiger partial charge in [-0.1, -0.05) is 0 Å². The highest BCUT2D eigenvalue weighted by Gasteiger charge is 2.11. The molecule has 0 aliphatic rings. The van der Waals surface area contributed by atoms with Crippen molar-refractivity contribution < 1.29 is 4.74 Å². The van der Waals surface area contributed by atoms with Crippen LogP contribution in [0.4, 0.5) is 0 Å². The summed E-state index contributed by atoms with van der Waals surface area (Å²) in [6.45, 7) is 3.82. The Morgan fingerprint density at radius 2 is 2.18 bits per heavy atom. The summed E-state index contributed by atoms with van der Waals surface area (Å²) in [5.41, 5.74) is 2.10. The third-order valence-corrected chi connectivity index (χ3v) is 2.51. The summed E-state index contributed by atoms with van der Waals surface area (Å²) in [4.78, 5) is 3.89. The number of hydrogen-bond acceptors (Lipinski definition) is 4. The van der Waals surface area contributed by atoms with Gasteiger partial charge in [0.15, 0.2) is 5.75 Å². The van der Waals surface area contributed by atoms with E-state index in [4.69, 9.17) is 10.00 Å². The van der Waals surface area contributed by atoms with Crippen molar-refractivity contribution in [2.75, 3.05) is 0 Å². The van der Waals surface area contributed by atoms with Crippen molar-refractivity contribution in [2.45, 2.75) is 13.8 Å². The second kappa shape index (κ2) is 4.26. The first-order chi connectivity index (χ1) is 8.11. The molecule has 5 nitrogen and oxygen atoms in total. The van der Waals surface area contributed by atoms with Gasteiger partial charge in [-0.15, -0.1) is 0 Å². The van der Waals surface area contributed by atoms with Gasteiger partial charge in [-0.2, -0.15) is 10.4 Å². The highest BCUT2D eigenvalue weighted by molar-refractivity contribution is 5.38. The van der Waals surface area contributed by atoms with Gasteiger partial charge in [0.05, 0.1) is 5.69 Å². The average Bonchev–Trinajstić information content (AvgIpc) is 2.56. The van der Waals surface area contributed by atoms with Crippen molar-refractivity contribution >= 4 is 0 Å². The van der Waals surface area contributed by atoms with E-state index in [1.54, 1.807) is 23.0 Å². The Bertz CT molecular complexity index is 595. The van der Waals surface area contributed by atoms with Crippen LogP contribution in [-0.2, 0) is 7.05 Å². The maximum atomic E-state index is 8.76. The molecule has 2 heterocycles. The Kier molecular flexibility index (Phi) is 2.79. The molecule has 0 N–H and O–H groups in total. The Balaban J connectivity index is 2.35. The second-order valence-corrected chi connectivity index (χ2v) is 3.71. The lowest BCUT2D eigenvalue weighted by molar-refractivity contribution is 0.473. The summed E-state index contributed by atoms with van der Waals surface area (Å²) in [7, 11) is 1.86. The van der Waals surface area contributed by atoms with E-state index in [1.807, 2.05) is 27.0 Å². The van der Waals surface area contributed by atoms with E-state index < -0.39 is 0 Å². The van der Waals surface area contributed by atoms with Crippen LogP contribution in [0.25, 0.3) is 0 Å². The molecule has 0 saturated heterocycles. The van der Waals surface area contributed by atoms with E-state index in [2.05, 4.69) is 10.1 Å². The van der Waals surface area contributed by atoms with Crippen molar-refractivity contribution in [3.63, 3.8) is 0 Å². The lowest BCUT2D eigenvalue weighted by atomic mass is 10.3. The molecule has 0 fully saturated rings. The number of nitriles is 1. The van der Waals surface area contributed by atoms with Gasteiger partial charge in [0.2, 0.25) is 0 Å². The van der Waals surface area contributed by atoms with Crippen LogP contribution in [0.5, 0.6) is 11.5 Å². The molecule has 0 aliphatic heterocycles. The predicted octanol–water partition coefficient (Wildman–Crippen LogP) is 2.10. The van der Waals surface area contributed by atoms with Crippen LogP contribution in [0.15, 0.2) is 18.3 Å². The largest absolute Gasteiger partial charge is 0.453 e. The van der Waals surface area contributed by atoms with Crippen molar-refractivity contribution in [1.29, 1.82) is 5.26 Å². The number of pyridine rings is 1. The van der Waals surface area contributed by atoms with Crippen LogP contribution in [0, 0.1) is 25.2 Å². The third kappa shape index (κ3) is 2.11. The van der Waals surface area contributed by atoms with E-state index in [0.717, 1.165) is 17.1 Å². The van der Waals surface area contributed by atoms with Crippen molar-refractivity contribution in [3.05, 3.63) is 35.4 Å². The third-order valence-electron chi connectivity index (χ3n) is 2.51. The van der Waals surface area contributed by atoms with Crippen molar-refractivity contribution in [1.82, 2.24) is 14.8 Å². The minimum absolute atomic E-state index is 0.335. The molecule has 0 aromatic carbocycles. The normalized spacial score (nSPS) is 10.0. The quantitative estimate of drug-likeness (QED) is 0.789. The van der Waals surface area contributed by atoms with E-state index in [1.165, 1.54) is 0 Å².